The van der Waals surface area contributed by atoms with Crippen LogP contribution in [0.25, 0.3) is 22.6 Å². The molecular weight excluding hydrogens is 606 g/mol. The molecule has 2 aliphatic carbocycles. The summed E-state index contributed by atoms with van der Waals surface area (Å²) in [4.78, 5) is 17.4. The van der Waals surface area contributed by atoms with Gasteiger partial charge < -0.3 is 14.2 Å². The Bertz CT molecular complexity index is 1570. The highest BCUT2D eigenvalue weighted by Crippen LogP contribution is 2.60. The number of amides is 1. The van der Waals surface area contributed by atoms with E-state index in [0.29, 0.717) is 48.3 Å². The van der Waals surface area contributed by atoms with Gasteiger partial charge in [0.15, 0.2) is 11.6 Å². The Morgan fingerprint density at radius 3 is 2.33 bits per heavy atom. The fourth-order valence-electron chi connectivity index (χ4n) is 5.95. The summed E-state index contributed by atoms with van der Waals surface area (Å²) < 4.78 is 37.4. The molecule has 0 spiro atoms. The zero-order chi connectivity index (χ0) is 32.9. The normalized spacial score (nSPS) is 19.8. The molecular formula is C33H52FN5O4Si2. The summed E-state index contributed by atoms with van der Waals surface area (Å²) in [6, 6.07) is 5.12. The molecule has 2 aliphatic rings. The first-order valence-corrected chi connectivity index (χ1v) is 23.7. The molecule has 5 rings (SSSR count). The van der Waals surface area contributed by atoms with Gasteiger partial charge in [0.2, 0.25) is 0 Å². The molecule has 9 nitrogen and oxygen atoms in total. The first-order chi connectivity index (χ1) is 20.8. The molecule has 12 heteroatoms. The topological polar surface area (TPSA) is 92.4 Å². The van der Waals surface area contributed by atoms with Crippen molar-refractivity contribution in [3.05, 3.63) is 29.2 Å². The van der Waals surface area contributed by atoms with Gasteiger partial charge in [-0.15, -0.1) is 0 Å². The number of carbonyl (C=O) groups is 1. The fourth-order valence-corrected chi connectivity index (χ4v) is 7.46. The summed E-state index contributed by atoms with van der Waals surface area (Å²) in [6.07, 6.45) is 2.42. The van der Waals surface area contributed by atoms with Gasteiger partial charge in [0.05, 0.1) is 5.52 Å². The van der Waals surface area contributed by atoms with Gasteiger partial charge in [-0.25, -0.2) is 18.9 Å². The lowest BCUT2D eigenvalue weighted by atomic mass is 9.87. The van der Waals surface area contributed by atoms with Crippen molar-refractivity contribution in [3.8, 4) is 11.5 Å². The lowest BCUT2D eigenvalue weighted by molar-refractivity contribution is 0.0636. The monoisotopic (exact) mass is 657 g/mol. The van der Waals surface area contributed by atoms with Crippen LogP contribution in [0.5, 0.6) is 0 Å². The van der Waals surface area contributed by atoms with Crippen LogP contribution in [0.1, 0.15) is 45.4 Å². The predicted molar refractivity (Wildman–Crippen MR) is 183 cm³/mol. The fraction of sp³-hybridized carbons (Fsp3) is 0.667. The summed E-state index contributed by atoms with van der Waals surface area (Å²) in [7, 11) is -2.54. The molecule has 1 N–H and O–H groups in total. The summed E-state index contributed by atoms with van der Waals surface area (Å²) in [5, 5.41) is 7.80. The maximum atomic E-state index is 15.7. The molecule has 1 fully saturated rings. The molecule has 3 aromatic rings. The van der Waals surface area contributed by atoms with Crippen LogP contribution in [-0.4, -0.2) is 60.4 Å². The van der Waals surface area contributed by atoms with Crippen LogP contribution in [-0.2, 0) is 40.5 Å². The number of hydrogen-bond donors (Lipinski definition) is 1. The number of benzene rings is 1. The minimum Gasteiger partial charge on any atom is -0.444 e. The van der Waals surface area contributed by atoms with E-state index in [9.17, 15) is 4.79 Å². The number of hydrogen-bond acceptors (Lipinski definition) is 6. The molecule has 0 saturated heterocycles. The van der Waals surface area contributed by atoms with E-state index in [-0.39, 0.29) is 12.2 Å². The molecule has 2 heterocycles. The van der Waals surface area contributed by atoms with E-state index in [1.165, 1.54) is 23.7 Å². The number of halogens is 1. The third-order valence-corrected chi connectivity index (χ3v) is 12.2. The van der Waals surface area contributed by atoms with Gasteiger partial charge in [-0.3, -0.25) is 9.88 Å². The molecule has 0 radical (unpaired) electrons. The Labute approximate surface area is 269 Å². The Balaban J connectivity index is 1.54. The SMILES string of the molecule is CC(C)(C)OC(=O)Nc1cc(F)c2nc(-c3nn(COCC[Si](C)(C)C)c4c3C[C@@H]3C[C@]3(C)C4)n(COCC[Si](C)(C)C)c2c1. The van der Waals surface area contributed by atoms with Crippen molar-refractivity contribution in [2.45, 2.75) is 117 Å². The second kappa shape index (κ2) is 12.2. The molecule has 2 atom stereocenters. The second-order valence-electron chi connectivity index (χ2n) is 16.7. The average molecular weight is 658 g/mol. The third kappa shape index (κ3) is 8.25. The predicted octanol–water partition coefficient (Wildman–Crippen LogP) is 8.14. The number of anilines is 1. The molecule has 45 heavy (non-hydrogen) atoms. The molecule has 0 bridgehead atoms. The zero-order valence-electron chi connectivity index (χ0n) is 28.9. The Hall–Kier alpha value is -2.55. The van der Waals surface area contributed by atoms with Crippen LogP contribution < -0.4 is 5.32 Å². The molecule has 248 valence electrons. The van der Waals surface area contributed by atoms with Crippen LogP contribution >= 0.6 is 0 Å². The van der Waals surface area contributed by atoms with Crippen molar-refractivity contribution in [3.63, 3.8) is 0 Å². The zero-order valence-corrected chi connectivity index (χ0v) is 30.9. The molecule has 1 saturated carbocycles. The van der Waals surface area contributed by atoms with Crippen molar-refractivity contribution in [1.29, 1.82) is 0 Å². The van der Waals surface area contributed by atoms with Gasteiger partial charge in [-0.2, -0.15) is 5.10 Å². The number of imidazole rings is 1. The van der Waals surface area contributed by atoms with Crippen molar-refractivity contribution >= 4 is 39.0 Å². The highest BCUT2D eigenvalue weighted by Gasteiger charge is 2.54. The third-order valence-electron chi connectivity index (χ3n) is 8.82. The highest BCUT2D eigenvalue weighted by atomic mass is 28.3. The van der Waals surface area contributed by atoms with E-state index in [4.69, 9.17) is 24.3 Å². The van der Waals surface area contributed by atoms with Gasteiger partial charge in [-0.05, 0) is 75.6 Å². The Kier molecular flexibility index (Phi) is 9.19. The minimum atomic E-state index is -1.32. The smallest absolute Gasteiger partial charge is 0.412 e. The summed E-state index contributed by atoms with van der Waals surface area (Å²) in [6.45, 7) is 23.6. The number of nitrogens with one attached hydrogen (secondary N) is 1. The maximum Gasteiger partial charge on any atom is 0.412 e. The Morgan fingerprint density at radius 2 is 1.71 bits per heavy atom. The Morgan fingerprint density at radius 1 is 1.07 bits per heavy atom. The maximum absolute atomic E-state index is 15.7. The molecule has 0 aliphatic heterocycles. The first kappa shape index (κ1) is 33.8. The van der Waals surface area contributed by atoms with Crippen molar-refractivity contribution in [2.75, 3.05) is 18.5 Å². The van der Waals surface area contributed by atoms with Gasteiger partial charge in [0.1, 0.15) is 30.3 Å². The molecule has 0 unspecified atom stereocenters. The van der Waals surface area contributed by atoms with Crippen molar-refractivity contribution in [1.82, 2.24) is 19.3 Å². The summed E-state index contributed by atoms with van der Waals surface area (Å²) in [5.74, 6) is 0.660. The first-order valence-electron chi connectivity index (χ1n) is 16.3. The molecule has 1 aromatic carbocycles. The van der Waals surface area contributed by atoms with Crippen LogP contribution in [0.3, 0.4) is 0 Å². The van der Waals surface area contributed by atoms with Crippen LogP contribution in [0.15, 0.2) is 12.1 Å². The largest absolute Gasteiger partial charge is 0.444 e. The lowest BCUT2D eigenvalue weighted by Gasteiger charge is -2.21. The average Bonchev–Trinajstić information content (AvgIpc) is 3.23. The summed E-state index contributed by atoms with van der Waals surface area (Å²) in [5.41, 5.74) is 3.80. The number of ether oxygens (including phenoxy) is 3. The number of carbonyl (C=O) groups excluding carboxylic acids is 1. The minimum absolute atomic E-state index is 0.196. The van der Waals surface area contributed by atoms with Crippen LogP contribution in [0.4, 0.5) is 14.9 Å². The highest BCUT2D eigenvalue weighted by molar-refractivity contribution is 6.76. The molecule has 1 amide bonds. The second-order valence-corrected chi connectivity index (χ2v) is 28.0. The van der Waals surface area contributed by atoms with Gasteiger partial charge in [0, 0.05) is 46.3 Å². The number of fused-ring (bicyclic) bond motifs is 3. The standard InChI is InChI=1S/C33H52FN5O4Si2/c1-32(2,3)43-31(40)35-23-16-25(34)29-26(17-23)38(20-41-11-13-44(5,6)7)30(36-29)28-24-15-22-18-33(22,4)19-27(24)39(37-28)21-42-12-14-45(8,9)10/h16-17,22H,11-15,18-21H2,1-10H3,(H,35,40)/t22-,33-/m1/s1. The van der Waals surface area contributed by atoms with Gasteiger partial charge >= 0.3 is 6.09 Å². The van der Waals surface area contributed by atoms with E-state index < -0.39 is 33.7 Å². The van der Waals surface area contributed by atoms with Crippen LogP contribution in [0.2, 0.25) is 51.4 Å². The van der Waals surface area contributed by atoms with E-state index in [0.717, 1.165) is 30.6 Å². The van der Waals surface area contributed by atoms with Crippen molar-refractivity contribution < 1.29 is 23.4 Å². The number of nitrogens with zero attached hydrogens (tertiary/aromatic N) is 4. The number of aromatic nitrogens is 4. The van der Waals surface area contributed by atoms with Crippen LogP contribution in [0, 0.1) is 17.2 Å². The number of rotatable bonds is 12. The molecule has 2 aromatic heterocycles. The lowest BCUT2D eigenvalue weighted by Crippen LogP contribution is -2.27. The van der Waals surface area contributed by atoms with E-state index in [1.54, 1.807) is 26.8 Å². The quantitative estimate of drug-likeness (QED) is 0.156. The summed E-state index contributed by atoms with van der Waals surface area (Å²) >= 11 is 0. The van der Waals surface area contributed by atoms with E-state index in [2.05, 4.69) is 51.5 Å². The van der Waals surface area contributed by atoms with Gasteiger partial charge in [-0.1, -0.05) is 46.2 Å². The van der Waals surface area contributed by atoms with Gasteiger partial charge in [0.25, 0.3) is 0 Å². The van der Waals surface area contributed by atoms with E-state index in [1.807, 2.05) is 9.25 Å². The van der Waals surface area contributed by atoms with Crippen molar-refractivity contribution in [2.24, 2.45) is 11.3 Å². The van der Waals surface area contributed by atoms with E-state index >= 15 is 4.39 Å².